The van der Waals surface area contributed by atoms with Crippen LogP contribution in [0.25, 0.3) is 0 Å². The highest BCUT2D eigenvalue weighted by Gasteiger charge is 2.28. The van der Waals surface area contributed by atoms with Gasteiger partial charge in [0.1, 0.15) is 10.6 Å². The molecule has 0 unspecified atom stereocenters. The Labute approximate surface area is 153 Å². The Kier molecular flexibility index (Phi) is 5.56. The van der Waals surface area contributed by atoms with Crippen LogP contribution in [0.4, 0.5) is 5.69 Å². The molecule has 5 nitrogen and oxygen atoms in total. The molecular formula is C18H22N2O3S2. The van der Waals surface area contributed by atoms with E-state index >= 15 is 0 Å². The predicted molar refractivity (Wildman–Crippen MR) is 102 cm³/mol. The summed E-state index contributed by atoms with van der Waals surface area (Å²) in [7, 11) is -2.05. The number of ether oxygens (including phenoxy) is 1. The van der Waals surface area contributed by atoms with Crippen molar-refractivity contribution in [3.8, 4) is 5.75 Å². The van der Waals surface area contributed by atoms with Gasteiger partial charge in [-0.2, -0.15) is 4.31 Å². The van der Waals surface area contributed by atoms with Crippen molar-refractivity contribution < 1.29 is 13.2 Å². The molecule has 1 aliphatic rings. The summed E-state index contributed by atoms with van der Waals surface area (Å²) in [6.07, 6.45) is 4.59. The van der Waals surface area contributed by atoms with Crippen LogP contribution in [0, 0.1) is 6.92 Å². The highest BCUT2D eigenvalue weighted by atomic mass is 32.2. The molecule has 0 spiro atoms. The third-order valence-corrected chi connectivity index (χ3v) is 7.05. The van der Waals surface area contributed by atoms with E-state index < -0.39 is 10.0 Å². The number of nitrogens with zero attached hydrogens (tertiary/aromatic N) is 2. The van der Waals surface area contributed by atoms with E-state index in [0.717, 1.165) is 24.1 Å². The lowest BCUT2D eigenvalue weighted by Crippen LogP contribution is -2.35. The molecule has 1 aromatic heterocycles. The van der Waals surface area contributed by atoms with Gasteiger partial charge >= 0.3 is 0 Å². The largest absolute Gasteiger partial charge is 0.497 e. The van der Waals surface area contributed by atoms with Gasteiger partial charge in [0.25, 0.3) is 0 Å². The summed E-state index contributed by atoms with van der Waals surface area (Å²) in [4.78, 5) is 6.84. The molecule has 1 aromatic carbocycles. The topological polar surface area (TPSA) is 59.0 Å². The maximum absolute atomic E-state index is 13.1. The number of hydrogen-bond donors (Lipinski definition) is 0. The van der Waals surface area contributed by atoms with Crippen LogP contribution in [0.15, 0.2) is 40.2 Å². The van der Waals surface area contributed by atoms with Crippen LogP contribution in [0.5, 0.6) is 5.75 Å². The highest BCUT2D eigenvalue weighted by molar-refractivity contribution is 7.89. The average Bonchev–Trinajstić information content (AvgIpc) is 3.06. The molecule has 1 saturated heterocycles. The summed E-state index contributed by atoms with van der Waals surface area (Å²) >= 11 is 1.62. The van der Waals surface area contributed by atoms with E-state index in [4.69, 9.17) is 4.74 Å². The first-order valence-corrected chi connectivity index (χ1v) is 10.5. The highest BCUT2D eigenvalue weighted by Crippen LogP contribution is 2.32. The van der Waals surface area contributed by atoms with Crippen LogP contribution in [0.1, 0.15) is 29.0 Å². The number of aliphatic imine (C=N–C) groups is 1. The van der Waals surface area contributed by atoms with E-state index in [2.05, 4.69) is 4.99 Å². The van der Waals surface area contributed by atoms with E-state index in [-0.39, 0.29) is 4.90 Å². The minimum atomic E-state index is -3.58. The van der Waals surface area contributed by atoms with Gasteiger partial charge in [-0.3, -0.25) is 4.99 Å². The third-order valence-electron chi connectivity index (χ3n) is 4.19. The molecule has 1 fully saturated rings. The zero-order chi connectivity index (χ0) is 17.9. The van der Waals surface area contributed by atoms with Crippen molar-refractivity contribution in [2.75, 3.05) is 20.2 Å². The van der Waals surface area contributed by atoms with Crippen LogP contribution < -0.4 is 4.74 Å². The fourth-order valence-corrected chi connectivity index (χ4v) is 5.25. The van der Waals surface area contributed by atoms with Crippen molar-refractivity contribution in [3.63, 3.8) is 0 Å². The molecule has 7 heteroatoms. The monoisotopic (exact) mass is 378 g/mol. The Hall–Kier alpha value is -1.70. The van der Waals surface area contributed by atoms with Gasteiger partial charge in [0.15, 0.2) is 0 Å². The van der Waals surface area contributed by atoms with Gasteiger partial charge in [0, 0.05) is 35.1 Å². The number of sulfonamides is 1. The normalized spacial score (nSPS) is 16.4. The van der Waals surface area contributed by atoms with Crippen LogP contribution in [-0.4, -0.2) is 39.1 Å². The van der Waals surface area contributed by atoms with Gasteiger partial charge in [0.2, 0.25) is 10.0 Å². The first kappa shape index (κ1) is 18.1. The zero-order valence-corrected chi connectivity index (χ0v) is 16.1. The van der Waals surface area contributed by atoms with Crippen LogP contribution in [0.2, 0.25) is 0 Å². The second kappa shape index (κ2) is 7.68. The van der Waals surface area contributed by atoms with E-state index in [1.165, 1.54) is 12.0 Å². The molecular weight excluding hydrogens is 356 g/mol. The summed E-state index contributed by atoms with van der Waals surface area (Å²) in [5.41, 5.74) is 0.442. The van der Waals surface area contributed by atoms with E-state index in [0.29, 0.717) is 24.5 Å². The van der Waals surface area contributed by atoms with Gasteiger partial charge in [-0.05, 0) is 44.0 Å². The molecule has 2 aromatic rings. The molecule has 0 radical (unpaired) electrons. The number of piperidine rings is 1. The number of benzene rings is 1. The Morgan fingerprint density at radius 3 is 2.56 bits per heavy atom. The molecule has 0 amide bonds. The summed E-state index contributed by atoms with van der Waals surface area (Å²) in [5.74, 6) is 0.515. The Bertz CT molecular complexity index is 866. The SMILES string of the molecule is COc1ccc(N=Cc2ccc(C)s2)c(S(=O)(=O)N2CCCCC2)c1. The number of rotatable bonds is 5. The van der Waals surface area contributed by atoms with Gasteiger partial charge < -0.3 is 4.74 Å². The first-order valence-electron chi connectivity index (χ1n) is 8.29. The number of aryl methyl sites for hydroxylation is 1. The molecule has 0 aliphatic carbocycles. The number of methoxy groups -OCH3 is 1. The first-order chi connectivity index (χ1) is 12.0. The van der Waals surface area contributed by atoms with Crippen molar-refractivity contribution in [1.29, 1.82) is 0 Å². The second-order valence-electron chi connectivity index (χ2n) is 6.01. The van der Waals surface area contributed by atoms with Gasteiger partial charge in [-0.15, -0.1) is 11.3 Å². The zero-order valence-electron chi connectivity index (χ0n) is 14.4. The molecule has 3 rings (SSSR count). The Balaban J connectivity index is 1.99. The van der Waals surface area contributed by atoms with E-state index in [9.17, 15) is 8.42 Å². The summed E-state index contributed by atoms with van der Waals surface area (Å²) in [6, 6.07) is 9.00. The van der Waals surface area contributed by atoms with Gasteiger partial charge in [0.05, 0.1) is 12.8 Å². The maximum Gasteiger partial charge on any atom is 0.245 e. The minimum Gasteiger partial charge on any atom is -0.497 e. The maximum atomic E-state index is 13.1. The minimum absolute atomic E-state index is 0.207. The molecule has 0 N–H and O–H groups in total. The smallest absolute Gasteiger partial charge is 0.245 e. The number of hydrogen-bond acceptors (Lipinski definition) is 5. The molecule has 0 atom stereocenters. The number of thiophene rings is 1. The van der Waals surface area contributed by atoms with Crippen molar-refractivity contribution >= 4 is 33.3 Å². The van der Waals surface area contributed by atoms with Crippen molar-refractivity contribution in [3.05, 3.63) is 40.1 Å². The standard InChI is InChI=1S/C18H22N2O3S2/c1-14-6-8-16(24-14)13-19-17-9-7-15(23-2)12-18(17)25(21,22)20-10-4-3-5-11-20/h6-9,12-13H,3-5,10-11H2,1-2H3. The molecule has 134 valence electrons. The fourth-order valence-electron chi connectivity index (χ4n) is 2.83. The molecule has 25 heavy (non-hydrogen) atoms. The lowest BCUT2D eigenvalue weighted by Gasteiger charge is -2.26. The van der Waals surface area contributed by atoms with Gasteiger partial charge in [-0.1, -0.05) is 6.42 Å². The predicted octanol–water partition coefficient (Wildman–Crippen LogP) is 3.99. The van der Waals surface area contributed by atoms with Crippen LogP contribution >= 0.6 is 11.3 Å². The molecule has 0 bridgehead atoms. The molecule has 1 aliphatic heterocycles. The van der Waals surface area contributed by atoms with E-state index in [1.807, 2.05) is 19.1 Å². The summed E-state index contributed by atoms with van der Waals surface area (Å²) < 4.78 is 33.0. The summed E-state index contributed by atoms with van der Waals surface area (Å²) in [5, 5.41) is 0. The Morgan fingerprint density at radius 1 is 1.16 bits per heavy atom. The van der Waals surface area contributed by atoms with Crippen molar-refractivity contribution in [1.82, 2.24) is 4.31 Å². The van der Waals surface area contributed by atoms with Gasteiger partial charge in [-0.25, -0.2) is 8.42 Å². The lowest BCUT2D eigenvalue weighted by molar-refractivity contribution is 0.346. The molecule has 2 heterocycles. The average molecular weight is 379 g/mol. The third kappa shape index (κ3) is 4.11. The van der Waals surface area contributed by atoms with Crippen LogP contribution in [-0.2, 0) is 10.0 Å². The lowest BCUT2D eigenvalue weighted by atomic mass is 10.2. The molecule has 0 saturated carbocycles. The second-order valence-corrected chi connectivity index (χ2v) is 9.23. The van der Waals surface area contributed by atoms with Crippen molar-refractivity contribution in [2.45, 2.75) is 31.1 Å². The van der Waals surface area contributed by atoms with Crippen molar-refractivity contribution in [2.24, 2.45) is 4.99 Å². The quantitative estimate of drug-likeness (QED) is 0.739. The van der Waals surface area contributed by atoms with Crippen LogP contribution in [0.3, 0.4) is 0 Å². The summed E-state index contributed by atoms with van der Waals surface area (Å²) in [6.45, 7) is 3.15. The van der Waals surface area contributed by atoms with E-state index in [1.54, 1.807) is 40.1 Å². The fraction of sp³-hybridized carbons (Fsp3) is 0.389. The Morgan fingerprint density at radius 2 is 1.92 bits per heavy atom.